The molecule has 0 aromatic rings. The third kappa shape index (κ3) is 19.6. The number of aliphatic hydroxyl groups excluding tert-OH is 5. The van der Waals surface area contributed by atoms with Gasteiger partial charge in [0.2, 0.25) is 11.8 Å². The van der Waals surface area contributed by atoms with Crippen molar-refractivity contribution in [2.75, 3.05) is 64.7 Å². The molecule has 0 saturated carbocycles. The van der Waals surface area contributed by atoms with Crippen LogP contribution in [-0.4, -0.2) is 145 Å². The first-order valence-corrected chi connectivity index (χ1v) is 16.5. The van der Waals surface area contributed by atoms with Gasteiger partial charge in [0, 0.05) is 32.3 Å². The van der Waals surface area contributed by atoms with Crippen molar-refractivity contribution in [2.24, 2.45) is 5.73 Å². The molecule has 45 heavy (non-hydrogen) atoms. The maximum atomic E-state index is 11.8. The van der Waals surface area contributed by atoms with E-state index in [-0.39, 0.29) is 37.9 Å². The Morgan fingerprint density at radius 3 is 2.18 bits per heavy atom. The van der Waals surface area contributed by atoms with Crippen LogP contribution in [0.5, 0.6) is 0 Å². The molecule has 0 aliphatic heterocycles. The highest BCUT2D eigenvalue weighted by Crippen LogP contribution is 2.21. The lowest BCUT2D eigenvalue weighted by molar-refractivity contribution is -0.242. The van der Waals surface area contributed by atoms with Gasteiger partial charge >= 0.3 is 0 Å². The minimum Gasteiger partial charge on any atom is -0.394 e. The van der Waals surface area contributed by atoms with Crippen LogP contribution in [0.1, 0.15) is 52.9 Å². The van der Waals surface area contributed by atoms with Crippen molar-refractivity contribution in [2.45, 2.75) is 95.4 Å². The molecular weight excluding hydrogens is 612 g/mol. The van der Waals surface area contributed by atoms with E-state index in [0.29, 0.717) is 25.3 Å². The fourth-order valence-electron chi connectivity index (χ4n) is 3.80. The van der Waals surface area contributed by atoms with E-state index in [1.807, 2.05) is 0 Å². The highest BCUT2D eigenvalue weighted by atomic mass is 32.2. The number of thioether (sulfide) groups is 1. The van der Waals surface area contributed by atoms with Gasteiger partial charge in [-0.15, -0.1) is 0 Å². The molecule has 0 fully saturated rings. The molecule has 0 saturated heterocycles. The molecule has 0 radical (unpaired) electrons. The molecule has 10 N–H and O–H groups in total. The minimum atomic E-state index is -1.53. The molecule has 7 unspecified atom stereocenters. The molecule has 0 aliphatic rings. The summed E-state index contributed by atoms with van der Waals surface area (Å²) < 4.78 is 22.8. The third-order valence-electron chi connectivity index (χ3n) is 6.80. The van der Waals surface area contributed by atoms with E-state index < -0.39 is 62.4 Å². The van der Waals surface area contributed by atoms with Crippen LogP contribution >= 0.6 is 11.8 Å². The standard InChI is InChI=1S/C29H58N4O11S/c1-6-29(30,25(16-35)43-23(15-34)21(3)37)42-18-24(22(4)38)44-28(17-36)41-13-8-11-32-20(2)9-7-14-45-19-27(40)33-12-10-26(39)31-5/h21-25,28,32,34-38H,2,6-19,30H2,1,3-5H3,(H,31,39)(H,33,40). The average Bonchev–Trinajstić information content (AvgIpc) is 3.01. The molecule has 0 aromatic carbocycles. The van der Waals surface area contributed by atoms with Crippen LogP contribution in [0, 0.1) is 0 Å². The fourth-order valence-corrected chi connectivity index (χ4v) is 4.58. The number of ether oxygens (including phenoxy) is 4. The largest absolute Gasteiger partial charge is 0.394 e. The number of carbonyl (C=O) groups is 2. The fraction of sp³-hybridized carbons (Fsp3) is 0.862. The number of amides is 2. The Morgan fingerprint density at radius 2 is 1.62 bits per heavy atom. The zero-order valence-corrected chi connectivity index (χ0v) is 28.1. The van der Waals surface area contributed by atoms with Crippen molar-refractivity contribution in [3.63, 3.8) is 0 Å². The first kappa shape index (κ1) is 43.4. The second-order valence-electron chi connectivity index (χ2n) is 10.6. The van der Waals surface area contributed by atoms with Gasteiger partial charge in [-0.25, -0.2) is 0 Å². The summed E-state index contributed by atoms with van der Waals surface area (Å²) in [6.45, 7) is 8.07. The van der Waals surface area contributed by atoms with Gasteiger partial charge in [0.25, 0.3) is 0 Å². The molecule has 2 amide bonds. The maximum Gasteiger partial charge on any atom is 0.230 e. The van der Waals surface area contributed by atoms with Crippen molar-refractivity contribution < 1.29 is 54.1 Å². The third-order valence-corrected chi connectivity index (χ3v) is 7.85. The van der Waals surface area contributed by atoms with Crippen LogP contribution in [0.25, 0.3) is 0 Å². The van der Waals surface area contributed by atoms with Crippen LogP contribution in [0.4, 0.5) is 0 Å². The lowest BCUT2D eigenvalue weighted by Crippen LogP contribution is -2.58. The van der Waals surface area contributed by atoms with Gasteiger partial charge in [0.1, 0.15) is 24.0 Å². The Hall–Kier alpha value is -1.57. The molecular formula is C29H58N4O11S. The van der Waals surface area contributed by atoms with Gasteiger partial charge in [-0.2, -0.15) is 11.8 Å². The average molecular weight is 671 g/mol. The molecule has 266 valence electrons. The van der Waals surface area contributed by atoms with Crippen LogP contribution in [0.15, 0.2) is 12.3 Å². The summed E-state index contributed by atoms with van der Waals surface area (Å²) in [6.07, 6.45) is -3.46. The van der Waals surface area contributed by atoms with E-state index in [4.69, 9.17) is 24.7 Å². The predicted molar refractivity (Wildman–Crippen MR) is 171 cm³/mol. The van der Waals surface area contributed by atoms with Crippen LogP contribution < -0.4 is 21.7 Å². The molecule has 16 heteroatoms. The molecule has 0 bridgehead atoms. The number of rotatable bonds is 29. The molecule has 15 nitrogen and oxygen atoms in total. The van der Waals surface area contributed by atoms with Crippen molar-refractivity contribution >= 4 is 23.6 Å². The number of aliphatic hydroxyl groups is 5. The van der Waals surface area contributed by atoms with E-state index in [2.05, 4.69) is 22.5 Å². The summed E-state index contributed by atoms with van der Waals surface area (Å²) in [7, 11) is 1.55. The number of hydrogen-bond acceptors (Lipinski definition) is 14. The Kier molecular flexibility index (Phi) is 24.6. The van der Waals surface area contributed by atoms with Crippen LogP contribution in [0.3, 0.4) is 0 Å². The van der Waals surface area contributed by atoms with Crippen molar-refractivity contribution in [1.29, 1.82) is 0 Å². The van der Waals surface area contributed by atoms with E-state index >= 15 is 0 Å². The van der Waals surface area contributed by atoms with Gasteiger partial charge in [-0.3, -0.25) is 9.59 Å². The van der Waals surface area contributed by atoms with E-state index in [1.54, 1.807) is 14.0 Å². The summed E-state index contributed by atoms with van der Waals surface area (Å²) in [5.74, 6) is 0.907. The number of carbonyl (C=O) groups excluding carboxylic acids is 2. The molecule has 0 aromatic heterocycles. The van der Waals surface area contributed by atoms with E-state index in [0.717, 1.165) is 24.3 Å². The lowest BCUT2D eigenvalue weighted by Gasteiger charge is -2.39. The summed E-state index contributed by atoms with van der Waals surface area (Å²) >= 11 is 1.52. The van der Waals surface area contributed by atoms with Gasteiger partial charge in [0.15, 0.2) is 6.29 Å². The highest BCUT2D eigenvalue weighted by molar-refractivity contribution is 7.99. The molecule has 0 heterocycles. The van der Waals surface area contributed by atoms with Gasteiger partial charge in [-0.05, 0) is 45.3 Å². The number of allylic oxidation sites excluding steroid dienone is 1. The van der Waals surface area contributed by atoms with Crippen molar-refractivity contribution in [3.8, 4) is 0 Å². The number of nitrogens with two attached hydrogens (primary N) is 1. The monoisotopic (exact) mass is 670 g/mol. The van der Waals surface area contributed by atoms with Gasteiger partial charge in [-0.1, -0.05) is 13.5 Å². The second kappa shape index (κ2) is 25.5. The van der Waals surface area contributed by atoms with Crippen LogP contribution in [-0.2, 0) is 28.5 Å². The van der Waals surface area contributed by atoms with E-state index in [9.17, 15) is 35.1 Å². The molecule has 7 atom stereocenters. The number of hydrogen-bond donors (Lipinski definition) is 9. The Bertz CT molecular complexity index is 812. The summed E-state index contributed by atoms with van der Waals surface area (Å²) in [4.78, 5) is 22.9. The summed E-state index contributed by atoms with van der Waals surface area (Å²) in [6, 6.07) is 0. The highest BCUT2D eigenvalue weighted by Gasteiger charge is 2.39. The zero-order chi connectivity index (χ0) is 34.3. The van der Waals surface area contributed by atoms with Crippen molar-refractivity contribution in [1.82, 2.24) is 16.0 Å². The number of nitrogens with one attached hydrogen (secondary N) is 3. The van der Waals surface area contributed by atoms with Crippen LogP contribution in [0.2, 0.25) is 0 Å². The second-order valence-corrected chi connectivity index (χ2v) is 11.7. The van der Waals surface area contributed by atoms with Crippen molar-refractivity contribution in [3.05, 3.63) is 12.3 Å². The SMILES string of the molecule is C=C(CCCSCC(=O)NCCC(=O)NC)NCCCOC(CO)OC(COC(N)(CC)C(CO)OC(CO)C(C)O)C(C)O. The van der Waals surface area contributed by atoms with Gasteiger partial charge in [0.05, 0.1) is 51.0 Å². The molecule has 0 spiro atoms. The molecule has 0 aliphatic carbocycles. The smallest absolute Gasteiger partial charge is 0.230 e. The summed E-state index contributed by atoms with van der Waals surface area (Å²) in [5.41, 5.74) is 5.69. The van der Waals surface area contributed by atoms with E-state index in [1.165, 1.54) is 25.6 Å². The Morgan fingerprint density at radius 1 is 0.933 bits per heavy atom. The first-order chi connectivity index (χ1) is 21.4. The normalized spacial score (nSPS) is 16.9. The zero-order valence-electron chi connectivity index (χ0n) is 27.2. The molecule has 0 rings (SSSR count). The lowest BCUT2D eigenvalue weighted by atomic mass is 10.0. The maximum absolute atomic E-state index is 11.8. The minimum absolute atomic E-state index is 0.0995. The summed E-state index contributed by atoms with van der Waals surface area (Å²) in [5, 5.41) is 57.6. The quantitative estimate of drug-likeness (QED) is 0.0327. The topological polar surface area (TPSA) is 234 Å². The Labute approximate surface area is 271 Å². The Balaban J connectivity index is 4.44. The first-order valence-electron chi connectivity index (χ1n) is 15.4. The van der Waals surface area contributed by atoms with Gasteiger partial charge < -0.3 is 66.2 Å². The predicted octanol–water partition coefficient (Wildman–Crippen LogP) is -1.45.